The molecule has 8 heteroatoms. The first-order valence-electron chi connectivity index (χ1n) is 10.4. The number of fused-ring (bicyclic) bond motifs is 1. The monoisotopic (exact) mass is 430 g/mol. The summed E-state index contributed by atoms with van der Waals surface area (Å²) < 4.78 is 21.4. The van der Waals surface area contributed by atoms with E-state index in [4.69, 9.17) is 18.9 Å². The molecule has 3 rings (SSSR count). The quantitative estimate of drug-likeness (QED) is 0.596. The molecule has 0 aromatic heterocycles. The molecule has 0 N–H and O–H groups in total. The van der Waals surface area contributed by atoms with Gasteiger partial charge in [-0.2, -0.15) is 0 Å². The molecule has 0 unspecified atom stereocenters. The van der Waals surface area contributed by atoms with Gasteiger partial charge in [0.05, 0.1) is 34.4 Å². The maximum atomic E-state index is 13.1. The lowest BCUT2D eigenvalue weighted by Gasteiger charge is -2.34. The zero-order chi connectivity index (χ0) is 22.4. The molecule has 1 aliphatic rings. The number of benzene rings is 2. The Morgan fingerprint density at radius 2 is 1.65 bits per heavy atom. The highest BCUT2D eigenvalue weighted by molar-refractivity contribution is 6.01. The zero-order valence-corrected chi connectivity index (χ0v) is 18.6. The lowest BCUT2D eigenvalue weighted by Crippen LogP contribution is -2.49. The number of methoxy groups -OCH3 is 3. The lowest BCUT2D eigenvalue weighted by atomic mass is 10.0. The highest BCUT2D eigenvalue weighted by atomic mass is 16.5. The second-order valence-corrected chi connectivity index (χ2v) is 7.27. The van der Waals surface area contributed by atoms with Gasteiger partial charge in [-0.05, 0) is 36.6 Å². The van der Waals surface area contributed by atoms with Crippen LogP contribution in [0.4, 0.5) is 0 Å². The van der Waals surface area contributed by atoms with Crippen molar-refractivity contribution < 1.29 is 28.5 Å². The Hall–Kier alpha value is -3.00. The van der Waals surface area contributed by atoms with Gasteiger partial charge in [0.2, 0.25) is 5.75 Å². The molecule has 1 saturated heterocycles. The van der Waals surface area contributed by atoms with Gasteiger partial charge in [0.1, 0.15) is 0 Å². The van der Waals surface area contributed by atoms with Crippen molar-refractivity contribution >= 4 is 22.6 Å². The summed E-state index contributed by atoms with van der Waals surface area (Å²) in [6.07, 6.45) is 0.375. The van der Waals surface area contributed by atoms with E-state index in [9.17, 15) is 9.59 Å². The molecule has 0 atom stereocenters. The summed E-state index contributed by atoms with van der Waals surface area (Å²) in [6, 6.07) is 7.39. The van der Waals surface area contributed by atoms with Gasteiger partial charge >= 0.3 is 5.97 Å². The maximum absolute atomic E-state index is 13.1. The van der Waals surface area contributed by atoms with Crippen LogP contribution in [-0.4, -0.2) is 82.3 Å². The van der Waals surface area contributed by atoms with Gasteiger partial charge in [0, 0.05) is 43.7 Å². The summed E-state index contributed by atoms with van der Waals surface area (Å²) in [7, 11) is 4.72. The van der Waals surface area contributed by atoms with Crippen molar-refractivity contribution in [3.63, 3.8) is 0 Å². The first-order chi connectivity index (χ1) is 15.0. The molecule has 0 spiro atoms. The highest BCUT2D eigenvalue weighted by Crippen LogP contribution is 2.43. The average Bonchev–Trinajstić information content (AvgIpc) is 2.81. The fraction of sp³-hybridized carbons (Fsp3) is 0.478. The van der Waals surface area contributed by atoms with Crippen molar-refractivity contribution in [3.8, 4) is 17.2 Å². The van der Waals surface area contributed by atoms with Crippen LogP contribution in [0, 0.1) is 0 Å². The number of carbonyl (C=O) groups is 2. The van der Waals surface area contributed by atoms with Crippen LogP contribution in [0.15, 0.2) is 24.3 Å². The zero-order valence-electron chi connectivity index (χ0n) is 18.6. The summed E-state index contributed by atoms with van der Waals surface area (Å²) in [5, 5.41) is 1.69. The van der Waals surface area contributed by atoms with Crippen LogP contribution in [0.25, 0.3) is 10.8 Å². The molecule has 0 aliphatic carbocycles. The van der Waals surface area contributed by atoms with E-state index in [1.54, 1.807) is 28.3 Å². The fourth-order valence-electron chi connectivity index (χ4n) is 3.85. The standard InChI is InChI=1S/C23H30N2O6/c1-5-31-20(26)8-9-24-10-12-25(13-11-24)23(27)16-6-7-18-17(14-16)15-19(28-2)22(30-4)21(18)29-3/h6-7,14-15H,5,8-13H2,1-4H3. The number of carbonyl (C=O) groups excluding carboxylic acids is 2. The second kappa shape index (κ2) is 10.3. The van der Waals surface area contributed by atoms with Gasteiger partial charge in [-0.25, -0.2) is 0 Å². The molecule has 1 amide bonds. The number of nitrogens with zero attached hydrogens (tertiary/aromatic N) is 2. The Morgan fingerprint density at radius 1 is 0.935 bits per heavy atom. The number of esters is 1. The summed E-state index contributed by atoms with van der Waals surface area (Å²) in [6.45, 7) is 5.56. The third-order valence-electron chi connectivity index (χ3n) is 5.48. The lowest BCUT2D eigenvalue weighted by molar-refractivity contribution is -0.143. The summed E-state index contributed by atoms with van der Waals surface area (Å²) >= 11 is 0. The van der Waals surface area contributed by atoms with Crippen molar-refractivity contribution in [2.75, 3.05) is 60.7 Å². The van der Waals surface area contributed by atoms with Gasteiger partial charge < -0.3 is 23.8 Å². The second-order valence-electron chi connectivity index (χ2n) is 7.27. The molecular weight excluding hydrogens is 400 g/mol. The number of amides is 1. The number of hydrogen-bond donors (Lipinski definition) is 0. The molecule has 0 bridgehead atoms. The molecule has 0 radical (unpaired) electrons. The number of hydrogen-bond acceptors (Lipinski definition) is 7. The van der Waals surface area contributed by atoms with E-state index in [2.05, 4.69) is 4.90 Å². The molecule has 0 saturated carbocycles. The van der Waals surface area contributed by atoms with Gasteiger partial charge in [0.25, 0.3) is 5.91 Å². The third-order valence-corrected chi connectivity index (χ3v) is 5.48. The minimum Gasteiger partial charge on any atom is -0.493 e. The summed E-state index contributed by atoms with van der Waals surface area (Å²) in [5.41, 5.74) is 0.613. The topological polar surface area (TPSA) is 77.5 Å². The van der Waals surface area contributed by atoms with Crippen molar-refractivity contribution in [3.05, 3.63) is 29.8 Å². The van der Waals surface area contributed by atoms with Crippen LogP contribution in [0.3, 0.4) is 0 Å². The van der Waals surface area contributed by atoms with Gasteiger partial charge in [-0.1, -0.05) is 0 Å². The molecule has 1 aliphatic heterocycles. The van der Waals surface area contributed by atoms with E-state index in [-0.39, 0.29) is 11.9 Å². The average molecular weight is 431 g/mol. The Balaban J connectivity index is 1.71. The van der Waals surface area contributed by atoms with Crippen LogP contribution in [0.1, 0.15) is 23.7 Å². The van der Waals surface area contributed by atoms with E-state index in [1.165, 1.54) is 0 Å². The minimum absolute atomic E-state index is 0.0132. The number of piperazine rings is 1. The molecule has 168 valence electrons. The van der Waals surface area contributed by atoms with Gasteiger partial charge in [-0.15, -0.1) is 0 Å². The number of rotatable bonds is 8. The Morgan fingerprint density at radius 3 is 2.26 bits per heavy atom. The van der Waals surface area contributed by atoms with E-state index in [0.29, 0.717) is 55.5 Å². The minimum atomic E-state index is -0.181. The SMILES string of the molecule is CCOC(=O)CCN1CCN(C(=O)c2ccc3c(OC)c(OC)c(OC)cc3c2)CC1. The van der Waals surface area contributed by atoms with Crippen LogP contribution >= 0.6 is 0 Å². The van der Waals surface area contributed by atoms with E-state index >= 15 is 0 Å². The van der Waals surface area contributed by atoms with E-state index < -0.39 is 0 Å². The third kappa shape index (κ3) is 5.02. The Bertz CT molecular complexity index is 937. The predicted octanol–water partition coefficient (Wildman–Crippen LogP) is 2.58. The summed E-state index contributed by atoms with van der Waals surface area (Å²) in [4.78, 5) is 28.7. The van der Waals surface area contributed by atoms with Crippen LogP contribution < -0.4 is 14.2 Å². The van der Waals surface area contributed by atoms with E-state index in [0.717, 1.165) is 23.9 Å². The van der Waals surface area contributed by atoms with Crippen molar-refractivity contribution in [1.29, 1.82) is 0 Å². The molecular formula is C23H30N2O6. The van der Waals surface area contributed by atoms with Crippen LogP contribution in [-0.2, 0) is 9.53 Å². The molecule has 1 fully saturated rings. The molecule has 2 aromatic rings. The highest BCUT2D eigenvalue weighted by Gasteiger charge is 2.24. The normalized spacial score (nSPS) is 14.4. The first kappa shape index (κ1) is 22.7. The van der Waals surface area contributed by atoms with Crippen molar-refractivity contribution in [1.82, 2.24) is 9.80 Å². The largest absolute Gasteiger partial charge is 0.493 e. The Labute approximate surface area is 182 Å². The molecule has 2 aromatic carbocycles. The van der Waals surface area contributed by atoms with Crippen LogP contribution in [0.5, 0.6) is 17.2 Å². The van der Waals surface area contributed by atoms with Crippen molar-refractivity contribution in [2.45, 2.75) is 13.3 Å². The first-order valence-corrected chi connectivity index (χ1v) is 10.4. The molecule has 1 heterocycles. The molecule has 8 nitrogen and oxygen atoms in total. The number of ether oxygens (including phenoxy) is 4. The molecule has 31 heavy (non-hydrogen) atoms. The Kier molecular flexibility index (Phi) is 7.57. The maximum Gasteiger partial charge on any atom is 0.307 e. The van der Waals surface area contributed by atoms with Crippen LogP contribution in [0.2, 0.25) is 0 Å². The summed E-state index contributed by atoms with van der Waals surface area (Å²) in [5.74, 6) is 1.45. The fourth-order valence-corrected chi connectivity index (χ4v) is 3.85. The van der Waals surface area contributed by atoms with Gasteiger partial charge in [-0.3, -0.25) is 14.5 Å². The van der Waals surface area contributed by atoms with E-state index in [1.807, 2.05) is 29.2 Å². The predicted molar refractivity (Wildman–Crippen MR) is 117 cm³/mol. The van der Waals surface area contributed by atoms with Gasteiger partial charge in [0.15, 0.2) is 11.5 Å². The smallest absolute Gasteiger partial charge is 0.307 e. The van der Waals surface area contributed by atoms with Crippen molar-refractivity contribution in [2.24, 2.45) is 0 Å².